The Bertz CT molecular complexity index is 519. The summed E-state index contributed by atoms with van der Waals surface area (Å²) >= 11 is 0. The summed E-state index contributed by atoms with van der Waals surface area (Å²) in [6.07, 6.45) is 2.34. The normalized spacial score (nSPS) is 14.2. The van der Waals surface area contributed by atoms with E-state index < -0.39 is 4.92 Å². The van der Waals surface area contributed by atoms with Crippen molar-refractivity contribution in [2.24, 2.45) is 10.7 Å². The van der Waals surface area contributed by atoms with Gasteiger partial charge < -0.3 is 16.0 Å². The van der Waals surface area contributed by atoms with Crippen molar-refractivity contribution in [3.05, 3.63) is 34.4 Å². The van der Waals surface area contributed by atoms with Gasteiger partial charge in [-0.15, -0.1) is 24.0 Å². The second-order valence-corrected chi connectivity index (χ2v) is 4.78. The van der Waals surface area contributed by atoms with E-state index in [-0.39, 0.29) is 29.7 Å². The molecule has 1 aromatic carbocycles. The fraction of sp³-hybridized carbons (Fsp3) is 0.462. The van der Waals surface area contributed by atoms with Crippen LogP contribution in [0.2, 0.25) is 0 Å². The fourth-order valence-electron chi connectivity index (χ4n) is 1.90. The van der Waals surface area contributed by atoms with Crippen molar-refractivity contribution in [3.8, 4) is 0 Å². The fourth-order valence-corrected chi connectivity index (χ4v) is 1.90. The number of benzene rings is 1. The van der Waals surface area contributed by atoms with Gasteiger partial charge >= 0.3 is 0 Å². The number of halogens is 1. The van der Waals surface area contributed by atoms with Gasteiger partial charge in [-0.3, -0.25) is 15.1 Å². The van der Waals surface area contributed by atoms with Gasteiger partial charge in [-0.2, -0.15) is 0 Å². The molecule has 0 radical (unpaired) electrons. The maximum atomic E-state index is 10.8. The van der Waals surface area contributed by atoms with Crippen molar-refractivity contribution >= 4 is 41.3 Å². The molecule has 0 bridgehead atoms. The molecule has 21 heavy (non-hydrogen) atoms. The predicted molar refractivity (Wildman–Crippen MR) is 94.3 cm³/mol. The standard InChI is InChI=1S/C13H19N5O2.HI/c1-17(10-6-7-10)13(14)16-9-8-15-11-4-2-3-5-12(11)18(19)20;/h2-5,10,15H,6-9H2,1H3,(H2,14,16);1H. The lowest BCUT2D eigenvalue weighted by Gasteiger charge is -2.16. The lowest BCUT2D eigenvalue weighted by atomic mass is 10.2. The topological polar surface area (TPSA) is 96.8 Å². The molecule has 1 fully saturated rings. The number of hydrogen-bond donors (Lipinski definition) is 2. The maximum absolute atomic E-state index is 10.8. The number of aliphatic imine (C=N–C) groups is 1. The SMILES string of the molecule is CN(C(N)=NCCNc1ccccc1[N+](=O)[O-])C1CC1.I. The quantitative estimate of drug-likeness (QED) is 0.189. The van der Waals surface area contributed by atoms with Crippen molar-refractivity contribution in [2.45, 2.75) is 18.9 Å². The number of hydrogen-bond acceptors (Lipinski definition) is 4. The van der Waals surface area contributed by atoms with Gasteiger partial charge in [0.05, 0.1) is 11.5 Å². The third kappa shape index (κ3) is 5.03. The first-order chi connectivity index (χ1) is 9.59. The number of nitro benzene ring substituents is 1. The minimum atomic E-state index is -0.402. The average Bonchev–Trinajstić information content (AvgIpc) is 3.27. The molecule has 0 aromatic heterocycles. The Kier molecular flexibility index (Phi) is 6.66. The molecule has 0 amide bonds. The van der Waals surface area contributed by atoms with Gasteiger partial charge in [0.2, 0.25) is 0 Å². The van der Waals surface area contributed by atoms with E-state index >= 15 is 0 Å². The van der Waals surface area contributed by atoms with Crippen LogP contribution < -0.4 is 11.1 Å². The molecule has 3 N–H and O–H groups in total. The van der Waals surface area contributed by atoms with Crippen LogP contribution in [0.3, 0.4) is 0 Å². The Morgan fingerprint density at radius 3 is 2.81 bits per heavy atom. The number of nitrogens with two attached hydrogens (primary N) is 1. The van der Waals surface area contributed by atoms with E-state index in [0.717, 1.165) is 0 Å². The van der Waals surface area contributed by atoms with Crippen molar-refractivity contribution in [2.75, 3.05) is 25.5 Å². The molecule has 0 spiro atoms. The van der Waals surface area contributed by atoms with Crippen molar-refractivity contribution in [1.29, 1.82) is 0 Å². The smallest absolute Gasteiger partial charge is 0.292 e. The molecule has 7 nitrogen and oxygen atoms in total. The van der Waals surface area contributed by atoms with Crippen LogP contribution in [-0.2, 0) is 0 Å². The van der Waals surface area contributed by atoms with Gasteiger partial charge in [0.25, 0.3) is 5.69 Å². The lowest BCUT2D eigenvalue weighted by Crippen LogP contribution is -2.36. The summed E-state index contributed by atoms with van der Waals surface area (Å²) < 4.78 is 0. The molecule has 0 unspecified atom stereocenters. The van der Waals surface area contributed by atoms with Crippen molar-refractivity contribution in [3.63, 3.8) is 0 Å². The third-order valence-corrected chi connectivity index (χ3v) is 3.26. The molecule has 1 aromatic rings. The predicted octanol–water partition coefficient (Wildman–Crippen LogP) is 2.03. The Hall–Kier alpha value is -1.58. The summed E-state index contributed by atoms with van der Waals surface area (Å²) in [5, 5.41) is 13.9. The van der Waals surface area contributed by atoms with E-state index in [1.807, 2.05) is 11.9 Å². The zero-order valence-electron chi connectivity index (χ0n) is 11.9. The van der Waals surface area contributed by atoms with Crippen LogP contribution in [0, 0.1) is 10.1 Å². The second kappa shape index (κ2) is 8.01. The number of guanidine groups is 1. The highest BCUT2D eigenvalue weighted by Gasteiger charge is 2.27. The number of rotatable bonds is 6. The molecule has 1 saturated carbocycles. The summed E-state index contributed by atoms with van der Waals surface area (Å²) in [5.74, 6) is 0.525. The molecule has 8 heteroatoms. The molecule has 1 aliphatic carbocycles. The van der Waals surface area contributed by atoms with Gasteiger partial charge in [-0.05, 0) is 18.9 Å². The first kappa shape index (κ1) is 17.5. The largest absolute Gasteiger partial charge is 0.378 e. The first-order valence-corrected chi connectivity index (χ1v) is 6.59. The number of para-hydroxylation sites is 2. The minimum absolute atomic E-state index is 0. The van der Waals surface area contributed by atoms with E-state index in [9.17, 15) is 10.1 Å². The molecular formula is C13H20IN5O2. The average molecular weight is 405 g/mol. The Balaban J connectivity index is 0.00000220. The van der Waals surface area contributed by atoms with E-state index in [1.165, 1.54) is 18.9 Å². The summed E-state index contributed by atoms with van der Waals surface area (Å²) in [6.45, 7) is 0.985. The molecule has 0 atom stereocenters. The second-order valence-electron chi connectivity index (χ2n) is 4.78. The van der Waals surface area contributed by atoms with Crippen LogP contribution in [0.4, 0.5) is 11.4 Å². The van der Waals surface area contributed by atoms with Gasteiger partial charge in [0, 0.05) is 25.7 Å². The van der Waals surface area contributed by atoms with Gasteiger partial charge in [0.1, 0.15) is 5.69 Å². The summed E-state index contributed by atoms with van der Waals surface area (Å²) in [7, 11) is 1.94. The van der Waals surface area contributed by atoms with Gasteiger partial charge in [0.15, 0.2) is 5.96 Å². The van der Waals surface area contributed by atoms with Crippen LogP contribution >= 0.6 is 24.0 Å². The van der Waals surface area contributed by atoms with E-state index in [1.54, 1.807) is 18.2 Å². The van der Waals surface area contributed by atoms with Crippen LogP contribution in [0.15, 0.2) is 29.3 Å². The van der Waals surface area contributed by atoms with Crippen molar-refractivity contribution < 1.29 is 4.92 Å². The van der Waals surface area contributed by atoms with Crippen LogP contribution in [0.25, 0.3) is 0 Å². The highest BCUT2D eigenvalue weighted by atomic mass is 127. The number of nitro groups is 1. The molecule has 0 heterocycles. The number of nitrogens with one attached hydrogen (secondary N) is 1. The third-order valence-electron chi connectivity index (χ3n) is 3.26. The molecular weight excluding hydrogens is 385 g/mol. The van der Waals surface area contributed by atoms with Gasteiger partial charge in [-0.1, -0.05) is 12.1 Å². The monoisotopic (exact) mass is 405 g/mol. The Morgan fingerprint density at radius 1 is 1.52 bits per heavy atom. The molecule has 1 aliphatic rings. The first-order valence-electron chi connectivity index (χ1n) is 6.59. The zero-order valence-corrected chi connectivity index (χ0v) is 14.2. The Morgan fingerprint density at radius 2 is 2.19 bits per heavy atom. The van der Waals surface area contributed by atoms with E-state index in [2.05, 4.69) is 10.3 Å². The molecule has 0 saturated heterocycles. The van der Waals surface area contributed by atoms with Crippen LogP contribution in [-0.4, -0.2) is 42.0 Å². The molecule has 2 rings (SSSR count). The maximum Gasteiger partial charge on any atom is 0.292 e. The Labute approximate surface area is 140 Å². The highest BCUT2D eigenvalue weighted by molar-refractivity contribution is 14.0. The minimum Gasteiger partial charge on any atom is -0.378 e. The summed E-state index contributed by atoms with van der Waals surface area (Å²) in [5.41, 5.74) is 6.43. The van der Waals surface area contributed by atoms with E-state index in [4.69, 9.17) is 5.73 Å². The highest BCUT2D eigenvalue weighted by Crippen LogP contribution is 2.25. The number of nitrogens with zero attached hydrogens (tertiary/aromatic N) is 3. The van der Waals surface area contributed by atoms with E-state index in [0.29, 0.717) is 30.8 Å². The van der Waals surface area contributed by atoms with Gasteiger partial charge in [-0.25, -0.2) is 0 Å². The number of anilines is 1. The summed E-state index contributed by atoms with van der Waals surface area (Å²) in [6, 6.07) is 7.09. The lowest BCUT2D eigenvalue weighted by molar-refractivity contribution is -0.384. The molecule has 116 valence electrons. The molecule has 0 aliphatic heterocycles. The van der Waals surface area contributed by atoms with Crippen LogP contribution in [0.5, 0.6) is 0 Å². The van der Waals surface area contributed by atoms with Crippen molar-refractivity contribution in [1.82, 2.24) is 4.90 Å². The summed E-state index contributed by atoms with van der Waals surface area (Å²) in [4.78, 5) is 16.7. The van der Waals surface area contributed by atoms with Crippen LogP contribution in [0.1, 0.15) is 12.8 Å². The zero-order chi connectivity index (χ0) is 14.5.